The standard InChI is InChI=1S/Al.Mo.Ni.Ti.Zn.3H. The molecule has 5 heavy (non-hydrogen) atoms. The predicted octanol–water partition coefficient (Wildman–Crippen LogP) is -1.19. The maximum atomic E-state index is 2.08. The molecule has 0 saturated carbocycles. The molecule has 0 amide bonds. The van der Waals surface area contributed by atoms with Gasteiger partial charge in [0.1, 0.15) is 0 Å². The van der Waals surface area contributed by atoms with Gasteiger partial charge in [0, 0.05) is 38.2 Å². The Labute approximate surface area is 86.7 Å². The summed E-state index contributed by atoms with van der Waals surface area (Å²) in [5.74, 6) is 0. The third-order valence-electron chi connectivity index (χ3n) is 0. The normalized spacial score (nSPS) is 1.20. The molecule has 0 fully saturated rings. The van der Waals surface area contributed by atoms with Gasteiger partial charge in [-0.3, -0.25) is 0 Å². The molecule has 0 aliphatic heterocycles. The SMILES string of the molecule is [AlH3].[Ni].[Ti].[Zn][Mo]. The van der Waals surface area contributed by atoms with E-state index in [1.165, 1.54) is 15.4 Å². The van der Waals surface area contributed by atoms with Crippen molar-refractivity contribution in [2.45, 2.75) is 0 Å². The maximum absolute atomic E-state index is 2.08. The molecule has 0 rings (SSSR count). The first-order valence-electron chi connectivity index (χ1n) is 0.289. The van der Waals surface area contributed by atoms with Gasteiger partial charge in [-0.2, -0.15) is 0 Å². The molecule has 0 nitrogen and oxygen atoms in total. The average molecular weight is 298 g/mol. The van der Waals surface area contributed by atoms with Gasteiger partial charge in [0.2, 0.25) is 0 Å². The molecule has 0 aromatic heterocycles. The van der Waals surface area contributed by atoms with Crippen LogP contribution < -0.4 is 0 Å². The molecule has 0 atom stereocenters. The Morgan fingerprint density at radius 2 is 1.20 bits per heavy atom. The monoisotopic (exact) mass is 298 g/mol. The van der Waals surface area contributed by atoms with E-state index in [0.29, 0.717) is 0 Å². The van der Waals surface area contributed by atoms with E-state index >= 15 is 0 Å². The molecule has 0 unspecified atom stereocenters. The fourth-order valence-electron chi connectivity index (χ4n) is 0. The molecule has 0 spiro atoms. The molecule has 0 heterocycles. The van der Waals surface area contributed by atoms with Crippen molar-refractivity contribution in [3.8, 4) is 0 Å². The number of rotatable bonds is 0. The molecule has 0 N–H and O–H groups in total. The topological polar surface area (TPSA) is 0 Å². The molecular weight excluding hydrogens is 295 g/mol. The van der Waals surface area contributed by atoms with E-state index in [0.717, 1.165) is 0 Å². The quantitative estimate of drug-likeness (QED) is 0.493. The van der Waals surface area contributed by atoms with Crippen LogP contribution in [0.1, 0.15) is 0 Å². The van der Waals surface area contributed by atoms with E-state index in [9.17, 15) is 0 Å². The minimum absolute atomic E-state index is 0. The summed E-state index contributed by atoms with van der Waals surface area (Å²) in [7, 11) is 0. The van der Waals surface area contributed by atoms with Crippen molar-refractivity contribution >= 4 is 17.4 Å². The van der Waals surface area contributed by atoms with Gasteiger partial charge in [-0.05, 0) is 0 Å². The molecular formula is H3AlMoNiTiZn. The van der Waals surface area contributed by atoms with Crippen LogP contribution in [0.4, 0.5) is 0 Å². The van der Waals surface area contributed by atoms with Crippen molar-refractivity contribution in [3.63, 3.8) is 0 Å². The van der Waals surface area contributed by atoms with Crippen LogP contribution in [0.15, 0.2) is 0 Å². The van der Waals surface area contributed by atoms with Crippen LogP contribution in [0.5, 0.6) is 0 Å². The Morgan fingerprint density at radius 3 is 1.20 bits per heavy atom. The molecule has 0 aromatic rings. The van der Waals surface area contributed by atoms with Crippen LogP contribution in [0.2, 0.25) is 0 Å². The second-order valence-corrected chi connectivity index (χ2v) is 0. The molecule has 0 radical (unpaired) electrons. The second-order valence-electron chi connectivity index (χ2n) is 0. The Bertz CT molecular complexity index is 11.6. The van der Waals surface area contributed by atoms with E-state index in [-0.39, 0.29) is 55.6 Å². The van der Waals surface area contributed by atoms with Crippen molar-refractivity contribution in [1.29, 1.82) is 0 Å². The van der Waals surface area contributed by atoms with Crippen LogP contribution in [-0.4, -0.2) is 17.4 Å². The van der Waals surface area contributed by atoms with Crippen LogP contribution >= 0.6 is 0 Å². The van der Waals surface area contributed by atoms with Gasteiger partial charge in [0.25, 0.3) is 0 Å². The Balaban J connectivity index is -0.00000000167. The molecule has 0 aromatic carbocycles. The zero-order chi connectivity index (χ0) is 2.00. The number of hydrogen-bond donors (Lipinski definition) is 0. The molecule has 0 aliphatic carbocycles. The van der Waals surface area contributed by atoms with Crippen LogP contribution in [0.3, 0.4) is 0 Å². The van der Waals surface area contributed by atoms with Crippen LogP contribution in [0, 0.1) is 0 Å². The third kappa shape index (κ3) is 19.3. The Hall–Kier alpha value is 3.05. The van der Waals surface area contributed by atoms with Gasteiger partial charge < -0.3 is 0 Å². The van der Waals surface area contributed by atoms with Gasteiger partial charge in [0.05, 0.1) is 0 Å². The van der Waals surface area contributed by atoms with E-state index in [2.05, 4.69) is 17.2 Å². The molecule has 0 saturated heterocycles. The summed E-state index contributed by atoms with van der Waals surface area (Å²) in [6, 6.07) is 0. The van der Waals surface area contributed by atoms with Crippen LogP contribution in [-0.2, 0) is 70.8 Å². The zero-order valence-corrected chi connectivity index (χ0v) is 9.45. The van der Waals surface area contributed by atoms with Gasteiger partial charge >= 0.3 is 32.6 Å². The van der Waals surface area contributed by atoms with Gasteiger partial charge in [-0.15, -0.1) is 0 Å². The first-order chi connectivity index (χ1) is 1.00. The first kappa shape index (κ1) is 24.4. The number of hydrogen-bond acceptors (Lipinski definition) is 0. The van der Waals surface area contributed by atoms with Crippen molar-refractivity contribution in [1.82, 2.24) is 0 Å². The van der Waals surface area contributed by atoms with Crippen LogP contribution in [0.25, 0.3) is 0 Å². The summed E-state index contributed by atoms with van der Waals surface area (Å²) in [4.78, 5) is 0. The molecule has 5 heteroatoms. The Kier molecular flexibility index (Phi) is 135. The Morgan fingerprint density at radius 1 is 1.20 bits per heavy atom. The summed E-state index contributed by atoms with van der Waals surface area (Å²) in [6.45, 7) is 0. The summed E-state index contributed by atoms with van der Waals surface area (Å²) in [5.41, 5.74) is 0. The zero-order valence-electron chi connectivity index (χ0n) is 1.93. The van der Waals surface area contributed by atoms with Crippen molar-refractivity contribution in [2.24, 2.45) is 0 Å². The van der Waals surface area contributed by atoms with E-state index in [1.54, 1.807) is 0 Å². The van der Waals surface area contributed by atoms with Crippen molar-refractivity contribution in [2.75, 3.05) is 0 Å². The van der Waals surface area contributed by atoms with E-state index in [4.69, 9.17) is 0 Å². The predicted molar refractivity (Wildman–Crippen MR) is 9.94 cm³/mol. The van der Waals surface area contributed by atoms with Crippen molar-refractivity contribution in [3.05, 3.63) is 0 Å². The third-order valence-corrected chi connectivity index (χ3v) is 0. The van der Waals surface area contributed by atoms with Gasteiger partial charge in [0.15, 0.2) is 17.4 Å². The fourth-order valence-corrected chi connectivity index (χ4v) is 0. The molecule has 28 valence electrons. The molecule has 0 bridgehead atoms. The minimum atomic E-state index is 0. The summed E-state index contributed by atoms with van der Waals surface area (Å²) < 4.78 is 0. The fraction of sp³-hybridized carbons (Fsp3) is 0. The second kappa shape index (κ2) is 27.7. The first-order valence-corrected chi connectivity index (χ1v) is 8.87. The summed E-state index contributed by atoms with van der Waals surface area (Å²) in [6.07, 6.45) is 0. The summed E-state index contributed by atoms with van der Waals surface area (Å²) in [5, 5.41) is 0. The van der Waals surface area contributed by atoms with Gasteiger partial charge in [-0.25, -0.2) is 0 Å². The van der Waals surface area contributed by atoms with E-state index < -0.39 is 0 Å². The summed E-state index contributed by atoms with van der Waals surface area (Å²) >= 11 is 3.46. The average Bonchev–Trinajstić information content (AvgIpc) is 1.00. The van der Waals surface area contributed by atoms with E-state index in [1.807, 2.05) is 0 Å². The molecule has 0 aliphatic rings. The van der Waals surface area contributed by atoms with Crippen molar-refractivity contribution < 1.29 is 70.8 Å². The van der Waals surface area contributed by atoms with Gasteiger partial charge in [-0.1, -0.05) is 0 Å².